The molecule has 0 aromatic carbocycles. The van der Waals surface area contributed by atoms with Gasteiger partial charge in [0.05, 0.1) is 6.26 Å². The lowest BCUT2D eigenvalue weighted by Gasteiger charge is -2.27. The Labute approximate surface area is 58.9 Å². The first kappa shape index (κ1) is 7.53. The maximum absolute atomic E-state index is 9.13. The van der Waals surface area contributed by atoms with E-state index in [1.807, 2.05) is 0 Å². The number of nitrogens with two attached hydrogens (primary N) is 1. The fourth-order valence-corrected chi connectivity index (χ4v) is 0.836. The normalized spacial score (nSPS) is 39.3. The highest BCUT2D eigenvalue weighted by molar-refractivity contribution is 4.96. The van der Waals surface area contributed by atoms with Gasteiger partial charge in [-0.15, -0.1) is 0 Å². The molecule has 4 heteroatoms. The van der Waals surface area contributed by atoms with E-state index >= 15 is 0 Å². The van der Waals surface area contributed by atoms with Crippen molar-refractivity contribution >= 4 is 0 Å². The number of rotatable bonds is 1. The fourth-order valence-electron chi connectivity index (χ4n) is 0.836. The van der Waals surface area contributed by atoms with Gasteiger partial charge in [-0.1, -0.05) is 0 Å². The molecule has 1 aliphatic heterocycles. The van der Waals surface area contributed by atoms with Crippen LogP contribution in [0.1, 0.15) is 0 Å². The second kappa shape index (κ2) is 3.01. The zero-order valence-electron chi connectivity index (χ0n) is 5.47. The fraction of sp³-hybridized carbons (Fsp3) is 0.667. The first-order valence-corrected chi connectivity index (χ1v) is 3.14. The molecule has 0 fully saturated rings. The van der Waals surface area contributed by atoms with E-state index in [1.54, 1.807) is 0 Å². The summed E-state index contributed by atoms with van der Waals surface area (Å²) in [6.07, 6.45) is 0.531. The highest BCUT2D eigenvalue weighted by Crippen LogP contribution is 2.10. The summed E-state index contributed by atoms with van der Waals surface area (Å²) in [5.41, 5.74) is 5.23. The zero-order chi connectivity index (χ0) is 7.56. The van der Waals surface area contributed by atoms with Crippen molar-refractivity contribution in [3.05, 3.63) is 12.3 Å². The van der Waals surface area contributed by atoms with Crippen LogP contribution >= 0.6 is 0 Å². The van der Waals surface area contributed by atoms with E-state index in [0.717, 1.165) is 0 Å². The predicted molar refractivity (Wildman–Crippen MR) is 35.1 cm³/mol. The van der Waals surface area contributed by atoms with Crippen LogP contribution in [-0.2, 0) is 4.74 Å². The molecule has 1 aliphatic rings. The van der Waals surface area contributed by atoms with Gasteiger partial charge in [-0.25, -0.2) is 0 Å². The minimum atomic E-state index is -0.894. The molecule has 0 saturated heterocycles. The molecular formula is C6H11NO3. The van der Waals surface area contributed by atoms with Gasteiger partial charge in [0.1, 0.15) is 18.3 Å². The van der Waals surface area contributed by atoms with Gasteiger partial charge in [0.15, 0.2) is 0 Å². The molecule has 0 radical (unpaired) electrons. The average Bonchev–Trinajstić information content (AvgIpc) is 1.95. The Hall–Kier alpha value is -0.580. The van der Waals surface area contributed by atoms with Crippen molar-refractivity contribution in [1.29, 1.82) is 0 Å². The molecule has 0 amide bonds. The molecule has 4 N–H and O–H groups in total. The molecule has 58 valence electrons. The summed E-state index contributed by atoms with van der Waals surface area (Å²) in [6, 6.07) is 0. The molecule has 0 aliphatic carbocycles. The van der Waals surface area contributed by atoms with Crippen LogP contribution in [-0.4, -0.2) is 35.1 Å². The summed E-state index contributed by atoms with van der Waals surface area (Å²) in [4.78, 5) is 0. The minimum absolute atomic E-state index is 0.211. The Balaban J connectivity index is 2.56. The van der Waals surface area contributed by atoms with Crippen LogP contribution in [0.15, 0.2) is 12.3 Å². The zero-order valence-corrected chi connectivity index (χ0v) is 5.47. The number of aliphatic hydroxyl groups excluding tert-OH is 2. The van der Waals surface area contributed by atoms with Gasteiger partial charge in [-0.3, -0.25) is 0 Å². The Morgan fingerprint density at radius 2 is 2.20 bits per heavy atom. The molecule has 3 atom stereocenters. The topological polar surface area (TPSA) is 75.7 Å². The van der Waals surface area contributed by atoms with E-state index < -0.39 is 18.3 Å². The molecule has 4 nitrogen and oxygen atoms in total. The lowest BCUT2D eigenvalue weighted by Crippen LogP contribution is -2.44. The van der Waals surface area contributed by atoms with Crippen LogP contribution in [0.5, 0.6) is 0 Å². The molecule has 0 spiro atoms. The van der Waals surface area contributed by atoms with E-state index in [1.165, 1.54) is 12.3 Å². The number of hydrogen-bond donors (Lipinski definition) is 3. The number of ether oxygens (including phenoxy) is 1. The molecule has 10 heavy (non-hydrogen) atoms. The van der Waals surface area contributed by atoms with Crippen molar-refractivity contribution in [2.45, 2.75) is 18.3 Å². The van der Waals surface area contributed by atoms with E-state index in [0.29, 0.717) is 0 Å². The minimum Gasteiger partial charge on any atom is -0.494 e. The first-order chi connectivity index (χ1) is 4.75. The van der Waals surface area contributed by atoms with Crippen LogP contribution in [0.25, 0.3) is 0 Å². The summed E-state index contributed by atoms with van der Waals surface area (Å²) in [5, 5.41) is 18.1. The smallest absolute Gasteiger partial charge is 0.139 e. The standard InChI is InChI=1S/C6H11NO3/c7-3-5-6(9)4(8)1-2-10-5/h1-2,4-6,8-9H,3,7H2/t4-,5-,6-/m1/s1. The predicted octanol–water partition coefficient (Wildman–Crippen LogP) is -1.42. The highest BCUT2D eigenvalue weighted by atomic mass is 16.5. The molecule has 0 bridgehead atoms. The summed E-state index contributed by atoms with van der Waals surface area (Å²) in [5.74, 6) is 0. The molecule has 0 saturated carbocycles. The van der Waals surface area contributed by atoms with Gasteiger partial charge in [-0.2, -0.15) is 0 Å². The van der Waals surface area contributed by atoms with Crippen LogP contribution in [0, 0.1) is 0 Å². The van der Waals surface area contributed by atoms with Gasteiger partial charge in [0.2, 0.25) is 0 Å². The Bertz CT molecular complexity index is 137. The molecular weight excluding hydrogens is 134 g/mol. The molecule has 1 heterocycles. The maximum Gasteiger partial charge on any atom is 0.139 e. The number of hydrogen-bond acceptors (Lipinski definition) is 4. The van der Waals surface area contributed by atoms with Crippen molar-refractivity contribution < 1.29 is 14.9 Å². The van der Waals surface area contributed by atoms with E-state index in [9.17, 15) is 0 Å². The monoisotopic (exact) mass is 145 g/mol. The quantitative estimate of drug-likeness (QED) is 0.423. The van der Waals surface area contributed by atoms with Crippen LogP contribution in [0.3, 0.4) is 0 Å². The Morgan fingerprint density at radius 1 is 1.50 bits per heavy atom. The second-order valence-corrected chi connectivity index (χ2v) is 2.22. The summed E-state index contributed by atoms with van der Waals surface area (Å²) in [7, 11) is 0. The van der Waals surface area contributed by atoms with Crippen LogP contribution < -0.4 is 5.73 Å². The summed E-state index contributed by atoms with van der Waals surface area (Å²) < 4.78 is 4.89. The third-order valence-electron chi connectivity index (χ3n) is 1.49. The second-order valence-electron chi connectivity index (χ2n) is 2.22. The van der Waals surface area contributed by atoms with Gasteiger partial charge in [-0.05, 0) is 6.08 Å². The van der Waals surface area contributed by atoms with E-state index in [2.05, 4.69) is 0 Å². The van der Waals surface area contributed by atoms with Crippen LogP contribution in [0.4, 0.5) is 0 Å². The summed E-state index contributed by atoms with van der Waals surface area (Å²) >= 11 is 0. The average molecular weight is 145 g/mol. The van der Waals surface area contributed by atoms with Crippen molar-refractivity contribution in [3.8, 4) is 0 Å². The van der Waals surface area contributed by atoms with Gasteiger partial charge >= 0.3 is 0 Å². The first-order valence-electron chi connectivity index (χ1n) is 3.14. The molecule has 0 aromatic heterocycles. The largest absolute Gasteiger partial charge is 0.494 e. The van der Waals surface area contributed by atoms with E-state index in [4.69, 9.17) is 20.7 Å². The van der Waals surface area contributed by atoms with E-state index in [-0.39, 0.29) is 6.54 Å². The highest BCUT2D eigenvalue weighted by Gasteiger charge is 2.27. The maximum atomic E-state index is 9.13. The Kier molecular flexibility index (Phi) is 2.26. The van der Waals surface area contributed by atoms with Crippen molar-refractivity contribution in [1.82, 2.24) is 0 Å². The molecule has 1 rings (SSSR count). The lowest BCUT2D eigenvalue weighted by atomic mass is 10.1. The van der Waals surface area contributed by atoms with Crippen molar-refractivity contribution in [3.63, 3.8) is 0 Å². The third-order valence-corrected chi connectivity index (χ3v) is 1.49. The van der Waals surface area contributed by atoms with Gasteiger partial charge in [0, 0.05) is 6.54 Å². The SMILES string of the molecule is NC[C@H]1OC=C[C@@H](O)[C@H]1O. The molecule has 0 unspecified atom stereocenters. The van der Waals surface area contributed by atoms with Gasteiger partial charge < -0.3 is 20.7 Å². The molecule has 0 aromatic rings. The van der Waals surface area contributed by atoms with Crippen molar-refractivity contribution in [2.24, 2.45) is 5.73 Å². The Morgan fingerprint density at radius 3 is 2.70 bits per heavy atom. The van der Waals surface area contributed by atoms with Crippen LogP contribution in [0.2, 0.25) is 0 Å². The van der Waals surface area contributed by atoms with Crippen molar-refractivity contribution in [2.75, 3.05) is 6.54 Å². The summed E-state index contributed by atoms with van der Waals surface area (Å²) in [6.45, 7) is 0.211. The number of aliphatic hydroxyl groups is 2. The lowest BCUT2D eigenvalue weighted by molar-refractivity contribution is -0.0581. The third kappa shape index (κ3) is 1.29. The van der Waals surface area contributed by atoms with Gasteiger partial charge in [0.25, 0.3) is 0 Å².